The summed E-state index contributed by atoms with van der Waals surface area (Å²) in [5.41, 5.74) is 0.782. The summed E-state index contributed by atoms with van der Waals surface area (Å²) in [6, 6.07) is 0.311. The number of amidine groups is 1. The first-order chi connectivity index (χ1) is 5.06. The standard InChI is InChI=1S/C7H13N3O/c1-5(2)9-6(3)4-7(8)10-11/h4-5,8-9H,1-3H3/b6-4-,8-7?. The third kappa shape index (κ3) is 5.26. The van der Waals surface area contributed by atoms with Crippen LogP contribution in [-0.2, 0) is 0 Å². The first-order valence-electron chi connectivity index (χ1n) is 3.43. The molecule has 0 aliphatic carbocycles. The Bertz CT molecular complexity index is 184. The Kier molecular flexibility index (Phi) is 4.10. The van der Waals surface area contributed by atoms with Gasteiger partial charge in [-0.15, -0.1) is 4.91 Å². The van der Waals surface area contributed by atoms with Crippen LogP contribution in [0.1, 0.15) is 20.8 Å². The average Bonchev–Trinajstić information content (AvgIpc) is 1.85. The highest BCUT2D eigenvalue weighted by Gasteiger charge is 1.94. The normalized spacial score (nSPS) is 11.5. The quantitative estimate of drug-likeness (QED) is 0.369. The van der Waals surface area contributed by atoms with Crippen LogP contribution in [0.25, 0.3) is 0 Å². The minimum atomic E-state index is -0.254. The second-order valence-corrected chi connectivity index (χ2v) is 2.60. The number of nitrogens with zero attached hydrogens (tertiary/aromatic N) is 1. The molecule has 0 bridgehead atoms. The zero-order valence-electron chi connectivity index (χ0n) is 7.01. The van der Waals surface area contributed by atoms with Gasteiger partial charge in [-0.1, -0.05) is 0 Å². The SMILES string of the molecule is C/C(=C/C(=N)N=O)NC(C)C. The summed E-state index contributed by atoms with van der Waals surface area (Å²) >= 11 is 0. The largest absolute Gasteiger partial charge is 0.386 e. The van der Waals surface area contributed by atoms with Crippen LogP contribution < -0.4 is 5.32 Å². The fourth-order valence-corrected chi connectivity index (χ4v) is 0.728. The molecule has 0 fully saturated rings. The Morgan fingerprint density at radius 2 is 2.18 bits per heavy atom. The summed E-state index contributed by atoms with van der Waals surface area (Å²) in [5, 5.41) is 12.4. The molecular weight excluding hydrogens is 142 g/mol. The molecule has 0 aliphatic heterocycles. The van der Waals surface area contributed by atoms with Crippen molar-refractivity contribution in [3.05, 3.63) is 16.7 Å². The van der Waals surface area contributed by atoms with Gasteiger partial charge in [0.2, 0.25) is 0 Å². The van der Waals surface area contributed by atoms with E-state index < -0.39 is 0 Å². The molecule has 0 aromatic heterocycles. The van der Waals surface area contributed by atoms with Gasteiger partial charge in [0, 0.05) is 17.8 Å². The second-order valence-electron chi connectivity index (χ2n) is 2.60. The molecule has 4 heteroatoms. The van der Waals surface area contributed by atoms with Gasteiger partial charge in [0.05, 0.1) is 0 Å². The number of hydrogen-bond acceptors (Lipinski definition) is 3. The van der Waals surface area contributed by atoms with Crippen molar-refractivity contribution in [1.29, 1.82) is 5.41 Å². The molecule has 0 aliphatic rings. The van der Waals surface area contributed by atoms with Crippen molar-refractivity contribution in [2.75, 3.05) is 0 Å². The molecule has 0 amide bonds. The molecule has 0 atom stereocenters. The molecule has 0 saturated heterocycles. The summed E-state index contributed by atoms with van der Waals surface area (Å²) < 4.78 is 0. The zero-order chi connectivity index (χ0) is 8.85. The molecule has 0 spiro atoms. The van der Waals surface area contributed by atoms with E-state index in [2.05, 4.69) is 10.5 Å². The highest BCUT2D eigenvalue weighted by molar-refractivity contribution is 5.91. The average molecular weight is 155 g/mol. The van der Waals surface area contributed by atoms with Crippen LogP contribution >= 0.6 is 0 Å². The van der Waals surface area contributed by atoms with E-state index in [9.17, 15) is 4.91 Å². The fraction of sp³-hybridized carbons (Fsp3) is 0.571. The molecule has 0 aromatic carbocycles. The smallest absolute Gasteiger partial charge is 0.190 e. The summed E-state index contributed by atoms with van der Waals surface area (Å²) in [7, 11) is 0. The Morgan fingerprint density at radius 3 is 2.55 bits per heavy atom. The van der Waals surface area contributed by atoms with Gasteiger partial charge in [0.25, 0.3) is 0 Å². The Hall–Kier alpha value is -1.19. The van der Waals surface area contributed by atoms with Gasteiger partial charge in [0.15, 0.2) is 5.84 Å². The molecule has 0 heterocycles. The van der Waals surface area contributed by atoms with E-state index >= 15 is 0 Å². The van der Waals surface area contributed by atoms with Crippen LogP contribution in [-0.4, -0.2) is 11.9 Å². The highest BCUT2D eigenvalue weighted by atomic mass is 16.3. The maximum Gasteiger partial charge on any atom is 0.190 e. The van der Waals surface area contributed by atoms with Crippen molar-refractivity contribution < 1.29 is 0 Å². The molecule has 62 valence electrons. The predicted octanol–water partition coefficient (Wildman–Crippen LogP) is 1.63. The lowest BCUT2D eigenvalue weighted by atomic mass is 10.3. The van der Waals surface area contributed by atoms with Crippen LogP contribution in [0.15, 0.2) is 16.9 Å². The lowest BCUT2D eigenvalue weighted by Gasteiger charge is -2.08. The second kappa shape index (κ2) is 4.60. The van der Waals surface area contributed by atoms with Crippen molar-refractivity contribution in [2.45, 2.75) is 26.8 Å². The fourth-order valence-electron chi connectivity index (χ4n) is 0.728. The molecule has 0 unspecified atom stereocenters. The Morgan fingerprint density at radius 1 is 1.64 bits per heavy atom. The molecule has 4 nitrogen and oxygen atoms in total. The van der Waals surface area contributed by atoms with Gasteiger partial charge in [-0.25, -0.2) is 0 Å². The maximum atomic E-state index is 9.78. The van der Waals surface area contributed by atoms with Gasteiger partial charge >= 0.3 is 0 Å². The van der Waals surface area contributed by atoms with Gasteiger partial charge in [-0.05, 0) is 25.9 Å². The van der Waals surface area contributed by atoms with Gasteiger partial charge < -0.3 is 5.32 Å². The maximum absolute atomic E-state index is 9.78. The van der Waals surface area contributed by atoms with Gasteiger partial charge in [-0.3, -0.25) is 5.41 Å². The van der Waals surface area contributed by atoms with Crippen molar-refractivity contribution in [3.8, 4) is 0 Å². The third-order valence-electron chi connectivity index (χ3n) is 0.968. The lowest BCUT2D eigenvalue weighted by Crippen LogP contribution is -2.20. The highest BCUT2D eigenvalue weighted by Crippen LogP contribution is 1.91. The van der Waals surface area contributed by atoms with E-state index in [0.29, 0.717) is 6.04 Å². The van der Waals surface area contributed by atoms with Gasteiger partial charge in [0.1, 0.15) is 0 Å². The molecule has 2 N–H and O–H groups in total. The van der Waals surface area contributed by atoms with Gasteiger partial charge in [-0.2, -0.15) is 0 Å². The topological polar surface area (TPSA) is 65.3 Å². The number of rotatable bonds is 3. The lowest BCUT2D eigenvalue weighted by molar-refractivity contribution is 0.670. The van der Waals surface area contributed by atoms with E-state index in [0.717, 1.165) is 5.70 Å². The van der Waals surface area contributed by atoms with E-state index in [1.54, 1.807) is 6.92 Å². The molecule has 11 heavy (non-hydrogen) atoms. The molecule has 0 aromatic rings. The molecule has 0 rings (SSSR count). The summed E-state index contributed by atoms with van der Waals surface area (Å²) in [6.07, 6.45) is 1.40. The molecule has 0 saturated carbocycles. The number of nitrogens with one attached hydrogen (secondary N) is 2. The Balaban J connectivity index is 4.00. The van der Waals surface area contributed by atoms with E-state index in [4.69, 9.17) is 5.41 Å². The molecule has 0 radical (unpaired) electrons. The van der Waals surface area contributed by atoms with Crippen LogP contribution in [0, 0.1) is 10.3 Å². The van der Waals surface area contributed by atoms with Crippen LogP contribution in [0.2, 0.25) is 0 Å². The van der Waals surface area contributed by atoms with Crippen molar-refractivity contribution in [2.24, 2.45) is 5.18 Å². The van der Waals surface area contributed by atoms with E-state index in [1.165, 1.54) is 6.08 Å². The van der Waals surface area contributed by atoms with Crippen molar-refractivity contribution in [3.63, 3.8) is 0 Å². The van der Waals surface area contributed by atoms with E-state index in [1.807, 2.05) is 13.8 Å². The number of allylic oxidation sites excluding steroid dienone is 1. The number of nitroso groups, excluding NO2 is 1. The van der Waals surface area contributed by atoms with Crippen LogP contribution in [0.5, 0.6) is 0 Å². The summed E-state index contributed by atoms with van der Waals surface area (Å²) in [4.78, 5) is 9.78. The molecular formula is C7H13N3O. The summed E-state index contributed by atoms with van der Waals surface area (Å²) in [5.74, 6) is -0.254. The third-order valence-corrected chi connectivity index (χ3v) is 0.968. The monoisotopic (exact) mass is 155 g/mol. The van der Waals surface area contributed by atoms with Crippen molar-refractivity contribution >= 4 is 5.84 Å². The first-order valence-corrected chi connectivity index (χ1v) is 3.43. The van der Waals surface area contributed by atoms with Crippen molar-refractivity contribution in [1.82, 2.24) is 5.32 Å². The van der Waals surface area contributed by atoms with Crippen LogP contribution in [0.4, 0.5) is 0 Å². The van der Waals surface area contributed by atoms with Crippen LogP contribution in [0.3, 0.4) is 0 Å². The minimum Gasteiger partial charge on any atom is -0.386 e. The Labute approximate surface area is 66.2 Å². The first kappa shape index (κ1) is 9.81. The predicted molar refractivity (Wildman–Crippen MR) is 45.6 cm³/mol. The summed E-state index contributed by atoms with van der Waals surface area (Å²) in [6.45, 7) is 5.75. The van der Waals surface area contributed by atoms with E-state index in [-0.39, 0.29) is 5.84 Å². The zero-order valence-corrected chi connectivity index (χ0v) is 7.01. The minimum absolute atomic E-state index is 0.254. The number of hydrogen-bond donors (Lipinski definition) is 2.